The van der Waals surface area contributed by atoms with E-state index < -0.39 is 5.60 Å². The first-order valence-electron chi connectivity index (χ1n) is 7.73. The van der Waals surface area contributed by atoms with Gasteiger partial charge in [-0.3, -0.25) is 4.79 Å². The van der Waals surface area contributed by atoms with Crippen LogP contribution >= 0.6 is 12.6 Å². The van der Waals surface area contributed by atoms with Crippen LogP contribution < -0.4 is 4.90 Å². The lowest BCUT2D eigenvalue weighted by Gasteiger charge is -2.37. The van der Waals surface area contributed by atoms with Gasteiger partial charge in [-0.15, -0.1) is 12.6 Å². The summed E-state index contributed by atoms with van der Waals surface area (Å²) in [6.07, 6.45) is 0.584. The summed E-state index contributed by atoms with van der Waals surface area (Å²) in [5.41, 5.74) is 2.12. The first-order chi connectivity index (χ1) is 10.7. The molecule has 1 aliphatic heterocycles. The van der Waals surface area contributed by atoms with Crippen molar-refractivity contribution in [3.05, 3.63) is 23.3 Å². The summed E-state index contributed by atoms with van der Waals surface area (Å²) in [5.74, 6) is 0. The van der Waals surface area contributed by atoms with Crippen LogP contribution in [0.2, 0.25) is 0 Å². The van der Waals surface area contributed by atoms with Crippen molar-refractivity contribution in [3.8, 4) is 0 Å². The molecule has 0 N–H and O–H groups in total. The number of carbonyl (C=O) groups excluding carboxylic acids is 2. The maximum absolute atomic E-state index is 12.1. The number of thiol groups is 1. The largest absolute Gasteiger partial charge is 0.444 e. The SMILES string of the molecule is Cc1c(C=O)cc(S)cc1N1CCN(C(=O)OC(C)(C)C)CC1. The van der Waals surface area contributed by atoms with Crippen molar-refractivity contribution in [1.29, 1.82) is 0 Å². The molecular weight excluding hydrogens is 312 g/mol. The smallest absolute Gasteiger partial charge is 0.410 e. The molecule has 5 nitrogen and oxygen atoms in total. The third kappa shape index (κ3) is 4.41. The number of hydrogen-bond donors (Lipinski definition) is 1. The molecule has 1 aromatic carbocycles. The zero-order valence-corrected chi connectivity index (χ0v) is 15.0. The number of rotatable bonds is 2. The Kier molecular flexibility index (Phi) is 5.24. The topological polar surface area (TPSA) is 49.9 Å². The second-order valence-corrected chi connectivity index (χ2v) is 7.27. The van der Waals surface area contributed by atoms with E-state index in [0.29, 0.717) is 31.7 Å². The van der Waals surface area contributed by atoms with E-state index in [4.69, 9.17) is 4.74 Å². The van der Waals surface area contributed by atoms with Gasteiger partial charge in [0.15, 0.2) is 0 Å². The summed E-state index contributed by atoms with van der Waals surface area (Å²) < 4.78 is 5.41. The quantitative estimate of drug-likeness (QED) is 0.666. The summed E-state index contributed by atoms with van der Waals surface area (Å²) in [6, 6.07) is 3.74. The molecule has 23 heavy (non-hydrogen) atoms. The summed E-state index contributed by atoms with van der Waals surface area (Å²) >= 11 is 4.37. The van der Waals surface area contributed by atoms with Crippen LogP contribution in [-0.4, -0.2) is 49.1 Å². The number of hydrogen-bond acceptors (Lipinski definition) is 5. The van der Waals surface area contributed by atoms with Crippen LogP contribution in [0.1, 0.15) is 36.7 Å². The second kappa shape index (κ2) is 6.83. The van der Waals surface area contributed by atoms with Gasteiger partial charge in [0.05, 0.1) is 0 Å². The number of amides is 1. The molecule has 0 bridgehead atoms. The highest BCUT2D eigenvalue weighted by molar-refractivity contribution is 7.80. The van der Waals surface area contributed by atoms with Crippen LogP contribution in [0, 0.1) is 6.92 Å². The number of benzene rings is 1. The molecule has 1 aromatic rings. The molecule has 1 amide bonds. The monoisotopic (exact) mass is 336 g/mol. The Morgan fingerprint density at radius 3 is 2.35 bits per heavy atom. The van der Waals surface area contributed by atoms with E-state index in [-0.39, 0.29) is 6.09 Å². The highest BCUT2D eigenvalue weighted by atomic mass is 32.1. The fraction of sp³-hybridized carbons (Fsp3) is 0.529. The van der Waals surface area contributed by atoms with E-state index >= 15 is 0 Å². The number of anilines is 1. The summed E-state index contributed by atoms with van der Waals surface area (Å²) in [6.45, 7) is 10.1. The molecule has 1 heterocycles. The minimum Gasteiger partial charge on any atom is -0.444 e. The number of piperazine rings is 1. The zero-order chi connectivity index (χ0) is 17.2. The Labute approximate surface area is 143 Å². The standard InChI is InChI=1S/C17H24N2O3S/c1-12-13(11-20)9-14(23)10-15(12)18-5-7-19(8-6-18)16(21)22-17(2,3)4/h9-11,23H,5-8H2,1-4H3. The number of carbonyl (C=O) groups is 2. The minimum absolute atomic E-state index is 0.273. The van der Waals surface area contributed by atoms with Crippen molar-refractivity contribution in [2.75, 3.05) is 31.1 Å². The molecule has 6 heteroatoms. The van der Waals surface area contributed by atoms with Gasteiger partial charge in [0.2, 0.25) is 0 Å². The van der Waals surface area contributed by atoms with Gasteiger partial charge in [-0.2, -0.15) is 0 Å². The number of ether oxygens (including phenoxy) is 1. The maximum Gasteiger partial charge on any atom is 0.410 e. The molecule has 0 radical (unpaired) electrons. The average molecular weight is 336 g/mol. The van der Waals surface area contributed by atoms with Gasteiger partial charge in [0.1, 0.15) is 11.9 Å². The van der Waals surface area contributed by atoms with Gasteiger partial charge >= 0.3 is 6.09 Å². The molecule has 1 fully saturated rings. The van der Waals surface area contributed by atoms with Gasteiger partial charge in [-0.1, -0.05) is 0 Å². The molecule has 1 aliphatic rings. The lowest BCUT2D eigenvalue weighted by molar-refractivity contribution is 0.0240. The molecule has 0 unspecified atom stereocenters. The van der Waals surface area contributed by atoms with Crippen LogP contribution in [0.4, 0.5) is 10.5 Å². The van der Waals surface area contributed by atoms with Gasteiger partial charge in [0.25, 0.3) is 0 Å². The van der Waals surface area contributed by atoms with Crippen molar-refractivity contribution in [2.24, 2.45) is 0 Å². The molecule has 0 saturated carbocycles. The van der Waals surface area contributed by atoms with Crippen LogP contribution in [0.3, 0.4) is 0 Å². The predicted molar refractivity (Wildman–Crippen MR) is 93.8 cm³/mol. The van der Waals surface area contributed by atoms with E-state index in [0.717, 1.165) is 22.4 Å². The lowest BCUT2D eigenvalue weighted by atomic mass is 10.1. The molecule has 0 aromatic heterocycles. The van der Waals surface area contributed by atoms with E-state index in [1.165, 1.54) is 0 Å². The van der Waals surface area contributed by atoms with Crippen molar-refractivity contribution >= 4 is 30.7 Å². The molecule has 126 valence electrons. The number of nitrogens with zero attached hydrogens (tertiary/aromatic N) is 2. The van der Waals surface area contributed by atoms with E-state index in [1.807, 2.05) is 33.8 Å². The summed E-state index contributed by atoms with van der Waals surface area (Å²) in [4.78, 5) is 27.9. The fourth-order valence-electron chi connectivity index (χ4n) is 2.61. The Morgan fingerprint density at radius 1 is 1.22 bits per heavy atom. The molecule has 2 rings (SSSR count). The summed E-state index contributed by atoms with van der Waals surface area (Å²) in [5, 5.41) is 0. The highest BCUT2D eigenvalue weighted by Crippen LogP contribution is 2.27. The first kappa shape index (κ1) is 17.7. The van der Waals surface area contributed by atoms with Gasteiger partial charge in [-0.25, -0.2) is 4.79 Å². The average Bonchev–Trinajstić information content (AvgIpc) is 2.47. The van der Waals surface area contributed by atoms with Crippen molar-refractivity contribution in [1.82, 2.24) is 4.90 Å². The van der Waals surface area contributed by atoms with E-state index in [2.05, 4.69) is 17.5 Å². The van der Waals surface area contributed by atoms with Gasteiger partial charge in [-0.05, 0) is 45.4 Å². The minimum atomic E-state index is -0.482. The zero-order valence-electron chi connectivity index (χ0n) is 14.1. The Hall–Kier alpha value is -1.69. The van der Waals surface area contributed by atoms with Crippen molar-refractivity contribution in [3.63, 3.8) is 0 Å². The maximum atomic E-state index is 12.1. The number of aldehydes is 1. The van der Waals surface area contributed by atoms with E-state index in [1.54, 1.807) is 11.0 Å². The van der Waals surface area contributed by atoms with Gasteiger partial charge in [0, 0.05) is 42.3 Å². The van der Waals surface area contributed by atoms with Crippen LogP contribution in [0.25, 0.3) is 0 Å². The fourth-order valence-corrected chi connectivity index (χ4v) is 2.87. The van der Waals surface area contributed by atoms with Crippen LogP contribution in [0.15, 0.2) is 17.0 Å². The Bertz CT molecular complexity index is 603. The van der Waals surface area contributed by atoms with Crippen LogP contribution in [-0.2, 0) is 4.74 Å². The molecule has 0 spiro atoms. The summed E-state index contributed by atoms with van der Waals surface area (Å²) in [7, 11) is 0. The molecular formula is C17H24N2O3S. The molecule has 1 saturated heterocycles. The highest BCUT2D eigenvalue weighted by Gasteiger charge is 2.26. The predicted octanol–water partition coefficient (Wildman–Crippen LogP) is 3.15. The molecule has 0 atom stereocenters. The lowest BCUT2D eigenvalue weighted by Crippen LogP contribution is -2.50. The van der Waals surface area contributed by atoms with Gasteiger partial charge < -0.3 is 14.5 Å². The third-order valence-electron chi connectivity index (χ3n) is 3.80. The van der Waals surface area contributed by atoms with Crippen LogP contribution in [0.5, 0.6) is 0 Å². The van der Waals surface area contributed by atoms with Crippen molar-refractivity contribution < 1.29 is 14.3 Å². The Morgan fingerprint density at radius 2 is 1.83 bits per heavy atom. The van der Waals surface area contributed by atoms with Crippen molar-refractivity contribution in [2.45, 2.75) is 38.2 Å². The second-order valence-electron chi connectivity index (χ2n) is 6.75. The van der Waals surface area contributed by atoms with E-state index in [9.17, 15) is 9.59 Å². The normalized spacial score (nSPS) is 15.5. The molecule has 0 aliphatic carbocycles. The Balaban J connectivity index is 2.06. The first-order valence-corrected chi connectivity index (χ1v) is 8.17. The third-order valence-corrected chi connectivity index (χ3v) is 4.06.